The van der Waals surface area contributed by atoms with E-state index >= 15 is 0 Å². The van der Waals surface area contributed by atoms with Crippen molar-refractivity contribution in [1.29, 1.82) is 0 Å². The largest absolute Gasteiger partial charge is 0.534 e. The number of ether oxygens (including phenoxy) is 2. The van der Waals surface area contributed by atoms with E-state index in [0.29, 0.717) is 5.06 Å². The summed E-state index contributed by atoms with van der Waals surface area (Å²) in [5, 5.41) is 0.442. The molecule has 21 heavy (non-hydrogen) atoms. The number of amides is 2. The van der Waals surface area contributed by atoms with Crippen molar-refractivity contribution in [2.45, 2.75) is 18.9 Å². The van der Waals surface area contributed by atoms with Gasteiger partial charge in [-0.25, -0.2) is 4.79 Å². The lowest BCUT2D eigenvalue weighted by atomic mass is 10.1. The number of hydrogen-bond acceptors (Lipinski definition) is 6. The maximum absolute atomic E-state index is 11.7. The van der Waals surface area contributed by atoms with Gasteiger partial charge in [0, 0.05) is 20.0 Å². The third kappa shape index (κ3) is 3.79. The third-order valence-electron chi connectivity index (χ3n) is 2.90. The molecule has 0 bridgehead atoms. The Morgan fingerprint density at radius 2 is 1.81 bits per heavy atom. The number of nitrogens with zero attached hydrogens (tertiary/aromatic N) is 1. The molecule has 7 heteroatoms. The highest BCUT2D eigenvalue weighted by molar-refractivity contribution is 6.01. The van der Waals surface area contributed by atoms with Gasteiger partial charge in [0.05, 0.1) is 6.61 Å². The van der Waals surface area contributed by atoms with Gasteiger partial charge >= 0.3 is 6.16 Å². The van der Waals surface area contributed by atoms with Crippen LogP contribution >= 0.6 is 0 Å². The Balaban J connectivity index is 1.98. The van der Waals surface area contributed by atoms with Crippen molar-refractivity contribution in [3.05, 3.63) is 35.9 Å². The second-order valence-corrected chi connectivity index (χ2v) is 4.40. The fraction of sp³-hybridized carbons (Fsp3) is 0.357. The van der Waals surface area contributed by atoms with E-state index in [1.54, 1.807) is 24.3 Å². The Morgan fingerprint density at radius 1 is 1.19 bits per heavy atom. The lowest BCUT2D eigenvalue weighted by Crippen LogP contribution is -2.33. The fourth-order valence-corrected chi connectivity index (χ4v) is 1.89. The summed E-state index contributed by atoms with van der Waals surface area (Å²) in [5.74, 6) is -1.11. The van der Waals surface area contributed by atoms with Crippen LogP contribution in [0.5, 0.6) is 0 Å². The van der Waals surface area contributed by atoms with Crippen LogP contribution in [0.1, 0.15) is 24.5 Å². The first-order chi connectivity index (χ1) is 10.1. The molecule has 1 saturated heterocycles. The molecule has 2 rings (SSSR count). The summed E-state index contributed by atoms with van der Waals surface area (Å²) in [6.45, 7) is 0.126. The van der Waals surface area contributed by atoms with Crippen molar-refractivity contribution in [3.63, 3.8) is 0 Å². The molecule has 1 unspecified atom stereocenters. The molecule has 0 radical (unpaired) electrons. The maximum atomic E-state index is 11.7. The Morgan fingerprint density at radius 3 is 2.38 bits per heavy atom. The highest BCUT2D eigenvalue weighted by Gasteiger charge is 2.34. The smallest absolute Gasteiger partial charge is 0.422 e. The normalized spacial score (nSPS) is 16.0. The summed E-state index contributed by atoms with van der Waals surface area (Å²) in [7, 11) is 1.47. The van der Waals surface area contributed by atoms with Gasteiger partial charge in [0.1, 0.15) is 0 Å². The molecule has 0 aliphatic carbocycles. The second-order valence-electron chi connectivity index (χ2n) is 4.40. The molecule has 1 aromatic carbocycles. The van der Waals surface area contributed by atoms with Gasteiger partial charge in [-0.1, -0.05) is 35.4 Å². The minimum atomic E-state index is -1.12. The van der Waals surface area contributed by atoms with Crippen LogP contribution in [0.3, 0.4) is 0 Å². The molecule has 0 saturated carbocycles. The molecule has 1 aliphatic rings. The third-order valence-corrected chi connectivity index (χ3v) is 2.90. The van der Waals surface area contributed by atoms with Crippen molar-refractivity contribution in [1.82, 2.24) is 5.06 Å². The molecule has 0 spiro atoms. The molecule has 1 heterocycles. The average molecular weight is 293 g/mol. The van der Waals surface area contributed by atoms with E-state index < -0.39 is 24.1 Å². The van der Waals surface area contributed by atoms with Crippen molar-refractivity contribution in [3.8, 4) is 0 Å². The first-order valence-electron chi connectivity index (χ1n) is 6.40. The van der Waals surface area contributed by atoms with Crippen LogP contribution in [0.15, 0.2) is 30.3 Å². The van der Waals surface area contributed by atoms with Crippen LogP contribution in [0.4, 0.5) is 4.79 Å². The number of imide groups is 1. The van der Waals surface area contributed by atoms with Gasteiger partial charge in [0.15, 0.2) is 6.10 Å². The van der Waals surface area contributed by atoms with Crippen LogP contribution < -0.4 is 0 Å². The highest BCUT2D eigenvalue weighted by atomic mass is 16.8. The minimum Gasteiger partial charge on any atom is -0.422 e. The molecule has 1 fully saturated rings. The molecule has 2 amide bonds. The van der Waals surface area contributed by atoms with Crippen LogP contribution in [0.2, 0.25) is 0 Å². The second kappa shape index (κ2) is 6.85. The Hall–Kier alpha value is -2.41. The first kappa shape index (κ1) is 15.0. The monoisotopic (exact) mass is 293 g/mol. The number of carbonyl (C=O) groups is 3. The molecule has 0 aromatic heterocycles. The number of hydroxylamine groups is 2. The molecule has 112 valence electrons. The summed E-state index contributed by atoms with van der Waals surface area (Å²) in [6, 6.07) is 8.94. The van der Waals surface area contributed by atoms with Crippen LogP contribution in [0.25, 0.3) is 0 Å². The summed E-state index contributed by atoms with van der Waals surface area (Å²) in [6.07, 6.45) is -1.74. The van der Waals surface area contributed by atoms with Crippen molar-refractivity contribution < 1.29 is 28.7 Å². The SMILES string of the molecule is COCC(OC(=O)ON1C(=O)CCC1=O)c1ccccc1. The van der Waals surface area contributed by atoms with Gasteiger partial charge in [-0.05, 0) is 5.56 Å². The molecular formula is C14H15NO6. The van der Waals surface area contributed by atoms with Crippen molar-refractivity contribution >= 4 is 18.0 Å². The number of methoxy groups -OCH3 is 1. The molecule has 1 aliphatic heterocycles. The lowest BCUT2D eigenvalue weighted by molar-refractivity contribution is -0.179. The number of benzene rings is 1. The van der Waals surface area contributed by atoms with E-state index in [0.717, 1.165) is 5.56 Å². The molecule has 1 aromatic rings. The van der Waals surface area contributed by atoms with E-state index in [1.807, 2.05) is 6.07 Å². The average Bonchev–Trinajstić information content (AvgIpc) is 2.79. The number of carbonyl (C=O) groups excluding carboxylic acids is 3. The zero-order valence-electron chi connectivity index (χ0n) is 11.5. The maximum Gasteiger partial charge on any atom is 0.534 e. The zero-order valence-corrected chi connectivity index (χ0v) is 11.5. The highest BCUT2D eigenvalue weighted by Crippen LogP contribution is 2.19. The van der Waals surface area contributed by atoms with Crippen molar-refractivity contribution in [2.75, 3.05) is 13.7 Å². The zero-order chi connectivity index (χ0) is 15.2. The Labute approximate surface area is 121 Å². The van der Waals surface area contributed by atoms with Gasteiger partial charge in [0.2, 0.25) is 0 Å². The van der Waals surface area contributed by atoms with Gasteiger partial charge in [-0.2, -0.15) is 0 Å². The van der Waals surface area contributed by atoms with Crippen LogP contribution in [0, 0.1) is 0 Å². The van der Waals surface area contributed by atoms with Gasteiger partial charge < -0.3 is 9.47 Å². The fourth-order valence-electron chi connectivity index (χ4n) is 1.89. The molecule has 7 nitrogen and oxygen atoms in total. The van der Waals surface area contributed by atoms with E-state index in [-0.39, 0.29) is 19.4 Å². The van der Waals surface area contributed by atoms with E-state index in [1.165, 1.54) is 7.11 Å². The van der Waals surface area contributed by atoms with E-state index in [4.69, 9.17) is 9.47 Å². The first-order valence-corrected chi connectivity index (χ1v) is 6.40. The molecule has 1 atom stereocenters. The summed E-state index contributed by atoms with van der Waals surface area (Å²) in [4.78, 5) is 39.1. The summed E-state index contributed by atoms with van der Waals surface area (Å²) < 4.78 is 10.1. The summed E-state index contributed by atoms with van der Waals surface area (Å²) in [5.41, 5.74) is 0.718. The van der Waals surface area contributed by atoms with Crippen LogP contribution in [-0.2, 0) is 23.9 Å². The predicted molar refractivity (Wildman–Crippen MR) is 69.7 cm³/mol. The quantitative estimate of drug-likeness (QED) is 0.605. The van der Waals surface area contributed by atoms with Gasteiger partial charge in [-0.15, -0.1) is 0 Å². The number of rotatable bonds is 5. The Kier molecular flexibility index (Phi) is 4.89. The number of hydrogen-bond donors (Lipinski definition) is 0. The molecule has 0 N–H and O–H groups in total. The van der Waals surface area contributed by atoms with Gasteiger partial charge in [-0.3, -0.25) is 14.4 Å². The van der Waals surface area contributed by atoms with E-state index in [9.17, 15) is 14.4 Å². The Bertz CT molecular complexity index is 514. The van der Waals surface area contributed by atoms with Gasteiger partial charge in [0.25, 0.3) is 11.8 Å². The van der Waals surface area contributed by atoms with Crippen LogP contribution in [-0.4, -0.2) is 36.7 Å². The lowest BCUT2D eigenvalue weighted by Gasteiger charge is -2.18. The summed E-state index contributed by atoms with van der Waals surface area (Å²) >= 11 is 0. The standard InChI is InChI=1S/C14H15NO6/c1-19-9-11(10-5-3-2-4-6-10)20-14(18)21-15-12(16)7-8-13(15)17/h2-6,11H,7-9H2,1H3. The minimum absolute atomic E-state index is 0.0340. The topological polar surface area (TPSA) is 82.1 Å². The van der Waals surface area contributed by atoms with Crippen molar-refractivity contribution in [2.24, 2.45) is 0 Å². The van der Waals surface area contributed by atoms with E-state index in [2.05, 4.69) is 4.84 Å². The molecular weight excluding hydrogens is 278 g/mol. The predicted octanol–water partition coefficient (Wildman–Crippen LogP) is 1.59.